The maximum Gasteiger partial charge on any atom is 0.219 e. The molecule has 0 aromatic rings. The summed E-state index contributed by atoms with van der Waals surface area (Å²) in [6.45, 7) is 6.52. The summed E-state index contributed by atoms with van der Waals surface area (Å²) in [6.07, 6.45) is 11.9. The molecule has 0 fully saturated rings. The highest BCUT2D eigenvalue weighted by atomic mass is 127. The second-order valence-electron chi connectivity index (χ2n) is 9.01. The Labute approximate surface area is 181 Å². The zero-order valence-corrected chi connectivity index (χ0v) is 21.5. The number of rotatable bonds is 16. The lowest BCUT2D eigenvalue weighted by atomic mass is 10.1. The zero-order valence-electron chi connectivity index (χ0n) is 18.3. The van der Waals surface area contributed by atoms with E-state index in [9.17, 15) is 4.79 Å². The van der Waals surface area contributed by atoms with Gasteiger partial charge in [-0.05, 0) is 25.6 Å². The largest absolute Gasteiger partial charge is 1.00 e. The van der Waals surface area contributed by atoms with Crippen LogP contribution < -0.4 is 29.3 Å². The summed E-state index contributed by atoms with van der Waals surface area (Å²) in [6, 6.07) is 1.29. The topological polar surface area (TPSA) is 38.3 Å². The molecule has 0 radical (unpaired) electrons. The first-order valence-corrected chi connectivity index (χ1v) is 13.4. The number of hydrogen-bond acceptors (Lipinski definition) is 2. The number of nitrogens with zero attached hydrogens (tertiary/aromatic N) is 1. The number of quaternary nitrogens is 1. The third-order valence-corrected chi connectivity index (χ3v) is 7.48. The summed E-state index contributed by atoms with van der Waals surface area (Å²) in [4.78, 5) is 11.8. The number of carbonyl (C=O) groups excluding carboxylic acids is 1. The molecular weight excluding hydrogens is 455 g/mol. The predicted molar refractivity (Wildman–Crippen MR) is 111 cm³/mol. The minimum Gasteiger partial charge on any atom is -1.00 e. The molecule has 0 bridgehead atoms. The van der Waals surface area contributed by atoms with E-state index in [0.717, 1.165) is 30.4 Å². The molecule has 0 aliphatic heterocycles. The summed E-state index contributed by atoms with van der Waals surface area (Å²) < 4.78 is 6.54. The first kappa shape index (κ1) is 28.5. The van der Waals surface area contributed by atoms with Crippen LogP contribution in [0, 0.1) is 0 Å². The van der Waals surface area contributed by atoms with Gasteiger partial charge in [0.25, 0.3) is 0 Å². The van der Waals surface area contributed by atoms with E-state index >= 15 is 0 Å². The summed E-state index contributed by atoms with van der Waals surface area (Å²) in [7, 11) is 7.08. The number of nitrogens with one attached hydrogen (secondary N) is 1. The Bertz CT molecular complexity index is 347. The van der Waals surface area contributed by atoms with Crippen molar-refractivity contribution in [2.24, 2.45) is 0 Å². The highest BCUT2D eigenvalue weighted by Crippen LogP contribution is 2.16. The highest BCUT2D eigenvalue weighted by molar-refractivity contribution is 6.71. The standard InChI is InChI=1S/C20H44N2O2Si.HI/c1-22(2,3)18-15-17-21-20(23)16-13-11-9-7-8-10-12-14-19-25(5,6)24-4;/h7-19H2,1-6H3;1H. The molecule has 0 unspecified atom stereocenters. The third kappa shape index (κ3) is 20.6. The van der Waals surface area contributed by atoms with E-state index in [1.54, 1.807) is 0 Å². The van der Waals surface area contributed by atoms with Crippen LogP contribution in [0.3, 0.4) is 0 Å². The van der Waals surface area contributed by atoms with Crippen LogP contribution in [0.25, 0.3) is 0 Å². The SMILES string of the molecule is CO[Si](C)(C)CCCCCCCCCCC(=O)NCCC[N+](C)(C)C.[I-]. The van der Waals surface area contributed by atoms with Gasteiger partial charge in [0.15, 0.2) is 8.32 Å². The number of halogens is 1. The average Bonchev–Trinajstić information content (AvgIpc) is 2.52. The van der Waals surface area contributed by atoms with Gasteiger partial charge in [-0.15, -0.1) is 0 Å². The normalized spacial score (nSPS) is 11.9. The summed E-state index contributed by atoms with van der Waals surface area (Å²) >= 11 is 0. The van der Waals surface area contributed by atoms with Gasteiger partial charge in [0.2, 0.25) is 5.91 Å². The Balaban J connectivity index is 0. The van der Waals surface area contributed by atoms with Crippen LogP contribution in [-0.4, -0.2) is 60.0 Å². The predicted octanol–water partition coefficient (Wildman–Crippen LogP) is 1.57. The quantitative estimate of drug-likeness (QED) is 0.151. The van der Waals surface area contributed by atoms with Crippen molar-refractivity contribution in [2.45, 2.75) is 83.3 Å². The molecule has 1 amide bonds. The van der Waals surface area contributed by atoms with Crippen LogP contribution in [0.4, 0.5) is 0 Å². The van der Waals surface area contributed by atoms with Crippen LogP contribution in [0.1, 0.15) is 64.2 Å². The molecule has 0 spiro atoms. The van der Waals surface area contributed by atoms with Crippen molar-refractivity contribution in [3.8, 4) is 0 Å². The van der Waals surface area contributed by atoms with E-state index < -0.39 is 8.32 Å². The Kier molecular flexibility index (Phi) is 17.9. The minimum atomic E-state index is -1.33. The van der Waals surface area contributed by atoms with Crippen molar-refractivity contribution in [1.82, 2.24) is 5.32 Å². The lowest BCUT2D eigenvalue weighted by Gasteiger charge is -2.23. The molecule has 0 aromatic heterocycles. The Morgan fingerprint density at radius 1 is 0.885 bits per heavy atom. The van der Waals surface area contributed by atoms with Crippen molar-refractivity contribution in [1.29, 1.82) is 0 Å². The van der Waals surface area contributed by atoms with E-state index in [0.29, 0.717) is 6.42 Å². The molecule has 0 atom stereocenters. The molecule has 0 saturated heterocycles. The molecule has 0 aliphatic rings. The van der Waals surface area contributed by atoms with E-state index in [1.165, 1.54) is 51.0 Å². The zero-order chi connectivity index (χ0) is 19.2. The summed E-state index contributed by atoms with van der Waals surface area (Å²) in [5.74, 6) is 0.228. The molecular formula is C20H45IN2O2Si. The van der Waals surface area contributed by atoms with E-state index in [2.05, 4.69) is 39.6 Å². The highest BCUT2D eigenvalue weighted by Gasteiger charge is 2.19. The van der Waals surface area contributed by atoms with E-state index in [-0.39, 0.29) is 29.9 Å². The fourth-order valence-electron chi connectivity index (χ4n) is 2.87. The van der Waals surface area contributed by atoms with Crippen molar-refractivity contribution in [3.63, 3.8) is 0 Å². The number of unbranched alkanes of at least 4 members (excludes halogenated alkanes) is 7. The summed E-state index contributed by atoms with van der Waals surface area (Å²) in [5, 5.41) is 3.04. The monoisotopic (exact) mass is 500 g/mol. The number of carbonyl (C=O) groups is 1. The lowest BCUT2D eigenvalue weighted by molar-refractivity contribution is -0.870. The van der Waals surface area contributed by atoms with Gasteiger partial charge in [-0.1, -0.05) is 44.9 Å². The van der Waals surface area contributed by atoms with Crippen LogP contribution in [0.15, 0.2) is 0 Å². The van der Waals surface area contributed by atoms with Crippen LogP contribution in [0.5, 0.6) is 0 Å². The maximum atomic E-state index is 11.8. The second kappa shape index (κ2) is 16.3. The van der Waals surface area contributed by atoms with Gasteiger partial charge in [0.1, 0.15) is 0 Å². The van der Waals surface area contributed by atoms with Gasteiger partial charge in [-0.3, -0.25) is 4.79 Å². The van der Waals surface area contributed by atoms with Gasteiger partial charge in [-0.2, -0.15) is 0 Å². The van der Waals surface area contributed by atoms with Crippen LogP contribution in [-0.2, 0) is 9.22 Å². The first-order valence-electron chi connectivity index (χ1n) is 10.3. The van der Waals surface area contributed by atoms with Gasteiger partial charge in [0.05, 0.1) is 27.7 Å². The average molecular weight is 501 g/mol. The van der Waals surface area contributed by atoms with Gasteiger partial charge in [0, 0.05) is 26.5 Å². The van der Waals surface area contributed by atoms with Crippen molar-refractivity contribution in [3.05, 3.63) is 0 Å². The molecule has 0 rings (SSSR count). The van der Waals surface area contributed by atoms with E-state index in [4.69, 9.17) is 4.43 Å². The number of amides is 1. The molecule has 4 nitrogen and oxygen atoms in total. The maximum absolute atomic E-state index is 11.8. The summed E-state index contributed by atoms with van der Waals surface area (Å²) in [5.41, 5.74) is 0. The Morgan fingerprint density at radius 2 is 1.38 bits per heavy atom. The van der Waals surface area contributed by atoms with Gasteiger partial charge in [-0.25, -0.2) is 0 Å². The second-order valence-corrected chi connectivity index (χ2v) is 13.4. The van der Waals surface area contributed by atoms with Crippen LogP contribution >= 0.6 is 0 Å². The van der Waals surface area contributed by atoms with Crippen molar-refractivity contribution in [2.75, 3.05) is 41.3 Å². The van der Waals surface area contributed by atoms with E-state index in [1.807, 2.05) is 7.11 Å². The number of hydrogen-bond donors (Lipinski definition) is 1. The lowest BCUT2D eigenvalue weighted by Crippen LogP contribution is -3.00. The molecule has 0 aromatic carbocycles. The van der Waals surface area contributed by atoms with Gasteiger partial charge < -0.3 is 38.2 Å². The van der Waals surface area contributed by atoms with Crippen molar-refractivity contribution >= 4 is 14.2 Å². The Morgan fingerprint density at radius 3 is 1.88 bits per heavy atom. The van der Waals surface area contributed by atoms with Crippen molar-refractivity contribution < 1.29 is 37.7 Å². The smallest absolute Gasteiger partial charge is 0.219 e. The first-order chi connectivity index (χ1) is 11.7. The minimum absolute atomic E-state index is 0. The molecule has 0 saturated carbocycles. The Hall–Kier alpha value is 0.337. The van der Waals surface area contributed by atoms with Crippen LogP contribution in [0.2, 0.25) is 19.1 Å². The molecule has 0 heterocycles. The van der Waals surface area contributed by atoms with Gasteiger partial charge >= 0.3 is 0 Å². The fourth-order valence-corrected chi connectivity index (χ4v) is 4.17. The molecule has 6 heteroatoms. The molecule has 158 valence electrons. The fraction of sp³-hybridized carbons (Fsp3) is 0.950. The molecule has 26 heavy (non-hydrogen) atoms. The third-order valence-electron chi connectivity index (χ3n) is 4.81. The molecule has 1 N–H and O–H groups in total. The molecule has 0 aliphatic carbocycles.